The Bertz CT molecular complexity index is 950. The first-order valence-electron chi connectivity index (χ1n) is 8.87. The highest BCUT2D eigenvalue weighted by Gasteiger charge is 2.36. The molecule has 1 saturated carbocycles. The summed E-state index contributed by atoms with van der Waals surface area (Å²) in [6.07, 6.45) is 1.20. The highest BCUT2D eigenvalue weighted by molar-refractivity contribution is 6.06. The molecule has 0 radical (unpaired) electrons. The number of para-hydroxylation sites is 1. The van der Waals surface area contributed by atoms with E-state index in [-0.39, 0.29) is 5.91 Å². The third-order valence-electron chi connectivity index (χ3n) is 5.47. The molecule has 130 valence electrons. The lowest BCUT2D eigenvalue weighted by atomic mass is 10.1. The Morgan fingerprint density at radius 2 is 2.04 bits per heavy atom. The average molecular weight is 336 g/mol. The van der Waals surface area contributed by atoms with Gasteiger partial charge in [0.2, 0.25) is 0 Å². The minimum atomic E-state index is 0.00425. The van der Waals surface area contributed by atoms with Crippen molar-refractivity contribution in [2.75, 3.05) is 7.05 Å². The zero-order chi connectivity index (χ0) is 17.7. The van der Waals surface area contributed by atoms with Crippen molar-refractivity contribution >= 4 is 16.8 Å². The van der Waals surface area contributed by atoms with E-state index in [4.69, 9.17) is 4.42 Å². The lowest BCUT2D eigenvalue weighted by Crippen LogP contribution is -2.26. The van der Waals surface area contributed by atoms with E-state index in [0.717, 1.165) is 34.0 Å². The van der Waals surface area contributed by atoms with E-state index >= 15 is 0 Å². The van der Waals surface area contributed by atoms with Crippen molar-refractivity contribution in [1.29, 1.82) is 0 Å². The van der Waals surface area contributed by atoms with Crippen LogP contribution in [0.4, 0.5) is 0 Å². The molecule has 0 spiro atoms. The van der Waals surface area contributed by atoms with Gasteiger partial charge in [0.15, 0.2) is 0 Å². The van der Waals surface area contributed by atoms with Gasteiger partial charge in [-0.3, -0.25) is 4.79 Å². The van der Waals surface area contributed by atoms with Gasteiger partial charge in [0.25, 0.3) is 5.91 Å². The number of furan rings is 1. The second-order valence-corrected chi connectivity index (χ2v) is 7.39. The fraction of sp³-hybridized carbons (Fsp3) is 0.381. The van der Waals surface area contributed by atoms with Gasteiger partial charge in [0, 0.05) is 24.0 Å². The largest absolute Gasteiger partial charge is 0.464 e. The van der Waals surface area contributed by atoms with E-state index in [0.29, 0.717) is 18.0 Å². The number of aromatic nitrogens is 1. The van der Waals surface area contributed by atoms with Crippen molar-refractivity contribution in [2.45, 2.75) is 39.7 Å². The van der Waals surface area contributed by atoms with Crippen molar-refractivity contribution in [2.24, 2.45) is 5.92 Å². The van der Waals surface area contributed by atoms with E-state index < -0.39 is 0 Å². The Kier molecular flexibility index (Phi) is 3.71. The van der Waals surface area contributed by atoms with Crippen LogP contribution in [0.5, 0.6) is 0 Å². The number of nitrogens with one attached hydrogen (secondary N) is 1. The van der Waals surface area contributed by atoms with Gasteiger partial charge in [-0.15, -0.1) is 0 Å². The Morgan fingerprint density at radius 1 is 1.28 bits per heavy atom. The molecule has 1 N–H and O–H groups in total. The first-order valence-corrected chi connectivity index (χ1v) is 8.87. The van der Waals surface area contributed by atoms with Crippen LogP contribution in [-0.4, -0.2) is 22.8 Å². The molecule has 2 heterocycles. The number of carbonyl (C=O) groups is 1. The summed E-state index contributed by atoms with van der Waals surface area (Å²) in [5.74, 6) is 3.19. The van der Waals surface area contributed by atoms with E-state index in [2.05, 4.69) is 31.0 Å². The minimum absolute atomic E-state index is 0.00425. The maximum Gasteiger partial charge on any atom is 0.256 e. The lowest BCUT2D eigenvalue weighted by Gasteiger charge is -2.16. The van der Waals surface area contributed by atoms with E-state index in [1.807, 2.05) is 32.2 Å². The van der Waals surface area contributed by atoms with E-state index in [1.165, 1.54) is 12.0 Å². The number of nitrogens with zero attached hydrogens (tertiary/aromatic N) is 1. The Labute approximate surface area is 147 Å². The minimum Gasteiger partial charge on any atom is -0.464 e. The van der Waals surface area contributed by atoms with E-state index in [9.17, 15) is 4.79 Å². The van der Waals surface area contributed by atoms with Crippen molar-refractivity contribution in [3.63, 3.8) is 0 Å². The molecule has 25 heavy (non-hydrogen) atoms. The molecule has 2 aromatic heterocycles. The maximum atomic E-state index is 13.0. The van der Waals surface area contributed by atoms with Crippen LogP contribution in [0.15, 0.2) is 34.7 Å². The van der Waals surface area contributed by atoms with Gasteiger partial charge >= 0.3 is 0 Å². The quantitative estimate of drug-likeness (QED) is 0.746. The Hall–Kier alpha value is -2.49. The highest BCUT2D eigenvalue weighted by atomic mass is 16.3. The molecular formula is C21H24N2O2. The summed E-state index contributed by atoms with van der Waals surface area (Å²) < 4.78 is 5.94. The Morgan fingerprint density at radius 3 is 2.76 bits per heavy atom. The van der Waals surface area contributed by atoms with Gasteiger partial charge in [-0.2, -0.15) is 0 Å². The zero-order valence-electron chi connectivity index (χ0n) is 15.2. The van der Waals surface area contributed by atoms with Crippen LogP contribution >= 0.6 is 0 Å². The van der Waals surface area contributed by atoms with Crippen LogP contribution in [0.25, 0.3) is 10.9 Å². The summed E-state index contributed by atoms with van der Waals surface area (Å²) in [6, 6.07) is 9.94. The fourth-order valence-corrected chi connectivity index (χ4v) is 3.57. The number of H-pyrrole nitrogens is 1. The third kappa shape index (κ3) is 2.76. The zero-order valence-corrected chi connectivity index (χ0v) is 15.2. The highest BCUT2D eigenvalue weighted by Crippen LogP contribution is 2.47. The molecule has 4 rings (SSSR count). The first-order chi connectivity index (χ1) is 12.0. The van der Waals surface area contributed by atoms with Gasteiger partial charge in [0.1, 0.15) is 11.5 Å². The summed E-state index contributed by atoms with van der Waals surface area (Å²) in [5, 5.41) is 1.11. The number of amides is 1. The molecule has 2 unspecified atom stereocenters. The summed E-state index contributed by atoms with van der Waals surface area (Å²) in [7, 11) is 1.83. The molecule has 1 fully saturated rings. The van der Waals surface area contributed by atoms with Crippen LogP contribution in [-0.2, 0) is 6.54 Å². The molecule has 4 heteroatoms. The van der Waals surface area contributed by atoms with Crippen LogP contribution in [0, 0.1) is 19.8 Å². The number of aromatic amines is 1. The van der Waals surface area contributed by atoms with E-state index in [1.54, 1.807) is 4.90 Å². The number of carbonyl (C=O) groups excluding carboxylic acids is 1. The van der Waals surface area contributed by atoms with Crippen molar-refractivity contribution < 1.29 is 9.21 Å². The molecule has 1 amide bonds. The molecule has 1 aliphatic rings. The van der Waals surface area contributed by atoms with Gasteiger partial charge in [-0.1, -0.05) is 19.1 Å². The molecule has 2 atom stereocenters. The average Bonchev–Trinajstić information content (AvgIpc) is 3.01. The normalized spacial score (nSPS) is 19.4. The molecule has 1 aliphatic carbocycles. The summed E-state index contributed by atoms with van der Waals surface area (Å²) in [4.78, 5) is 18.0. The number of fused-ring (bicyclic) bond motifs is 1. The van der Waals surface area contributed by atoms with Gasteiger partial charge in [-0.25, -0.2) is 0 Å². The monoisotopic (exact) mass is 336 g/mol. The summed E-state index contributed by atoms with van der Waals surface area (Å²) in [5.41, 5.74) is 3.92. The van der Waals surface area contributed by atoms with Crippen LogP contribution in [0.1, 0.15) is 52.4 Å². The molecule has 1 aromatic carbocycles. The van der Waals surface area contributed by atoms with Crippen LogP contribution < -0.4 is 0 Å². The van der Waals surface area contributed by atoms with Crippen LogP contribution in [0.2, 0.25) is 0 Å². The topological polar surface area (TPSA) is 49.2 Å². The predicted molar refractivity (Wildman–Crippen MR) is 98.8 cm³/mol. The van der Waals surface area contributed by atoms with Crippen LogP contribution in [0.3, 0.4) is 0 Å². The number of rotatable bonds is 4. The number of aryl methyl sites for hydroxylation is 2. The number of hydrogen-bond donors (Lipinski definition) is 1. The lowest BCUT2D eigenvalue weighted by molar-refractivity contribution is 0.0776. The molecule has 0 bridgehead atoms. The standard InChI is InChI=1S/C21H24N2O2/c1-12-10-18(12)19-9-8-15(25-19)11-23(4)21(24)17-7-5-6-16-13(2)14(3)22-20(16)17/h5-9,12,18,22H,10-11H2,1-4H3. The molecule has 4 nitrogen and oxygen atoms in total. The predicted octanol–water partition coefficient (Wildman–Crippen LogP) is 4.77. The Balaban J connectivity index is 1.56. The SMILES string of the molecule is Cc1[nH]c2c(C(=O)N(C)Cc3ccc(C4CC4C)o3)cccc2c1C. The van der Waals surface area contributed by atoms with Gasteiger partial charge in [0.05, 0.1) is 17.6 Å². The number of hydrogen-bond acceptors (Lipinski definition) is 2. The van der Waals surface area contributed by atoms with Crippen molar-refractivity contribution in [3.05, 3.63) is 58.7 Å². The first kappa shape index (κ1) is 16.0. The second kappa shape index (κ2) is 5.80. The molecule has 0 saturated heterocycles. The third-order valence-corrected chi connectivity index (χ3v) is 5.47. The smallest absolute Gasteiger partial charge is 0.256 e. The fourth-order valence-electron chi connectivity index (χ4n) is 3.57. The van der Waals surface area contributed by atoms with Gasteiger partial charge in [-0.05, 0) is 49.9 Å². The number of benzene rings is 1. The van der Waals surface area contributed by atoms with Crippen molar-refractivity contribution in [3.8, 4) is 0 Å². The van der Waals surface area contributed by atoms with Crippen molar-refractivity contribution in [1.82, 2.24) is 9.88 Å². The van der Waals surface area contributed by atoms with Gasteiger partial charge < -0.3 is 14.3 Å². The summed E-state index contributed by atoms with van der Waals surface area (Å²) in [6.45, 7) is 6.84. The molecule has 3 aromatic rings. The molecular weight excluding hydrogens is 312 g/mol. The summed E-state index contributed by atoms with van der Waals surface area (Å²) >= 11 is 0. The maximum absolute atomic E-state index is 13.0. The second-order valence-electron chi connectivity index (χ2n) is 7.39. The molecule has 0 aliphatic heterocycles.